The molecule has 11 nitrogen and oxygen atoms in total. The van der Waals surface area contributed by atoms with Crippen molar-refractivity contribution in [1.82, 2.24) is 15.5 Å². The molecule has 2 aromatic carbocycles. The number of anilines is 1. The minimum atomic E-state index is -0.334. The Bertz CT molecular complexity index is 1600. The van der Waals surface area contributed by atoms with Crippen molar-refractivity contribution in [1.29, 1.82) is 0 Å². The zero-order valence-electron chi connectivity index (χ0n) is 36.9. The van der Waals surface area contributed by atoms with Crippen molar-refractivity contribution in [3.8, 4) is 5.75 Å². The van der Waals surface area contributed by atoms with Crippen molar-refractivity contribution < 1.29 is 33.6 Å². The topological polar surface area (TPSA) is 122 Å². The number of rotatable bonds is 12. The first-order chi connectivity index (χ1) is 28.6. The van der Waals surface area contributed by atoms with Crippen molar-refractivity contribution in [2.75, 3.05) is 99.0 Å². The zero-order valence-corrected chi connectivity index (χ0v) is 37.7. The van der Waals surface area contributed by atoms with Gasteiger partial charge in [0.1, 0.15) is 12.5 Å². The van der Waals surface area contributed by atoms with Gasteiger partial charge in [-0.2, -0.15) is 0 Å². The van der Waals surface area contributed by atoms with Gasteiger partial charge in [-0.3, -0.25) is 9.69 Å². The lowest BCUT2D eigenvalue weighted by Gasteiger charge is -2.49. The molecule has 1 amide bonds. The average Bonchev–Trinajstić information content (AvgIpc) is 3.41. The number of piperazine rings is 1. The van der Waals surface area contributed by atoms with E-state index in [-0.39, 0.29) is 16.9 Å². The standard InChI is InChI=1S/C38H53ClN2O4.C7H14N2O.CH4O.CH2O/c1-26(27(2)17-20-43-5)9-7-18-37(3,44-6)32-14-11-30(32)23-41-24-38(19-8-10-28-21-31(39)13-15-33(28)38)25-45-35-16-12-29(22-34(35)41)36(42)40-4;1-2-9-3-4-10-6-7(9)5-8-1;2*1-2/h7,12-13,15-16,18,21-22,26-27,30,32H,8-11,14,17,19-20,23-25H2,1-6H3,(H,40,42);7-8H,1-6H2;2H,1H3;1H2/b18-7+;;;/t26?,27?,30?,32?,37-,38-;;;/m0.../s1. The van der Waals surface area contributed by atoms with E-state index in [0.717, 1.165) is 121 Å². The van der Waals surface area contributed by atoms with Crippen LogP contribution in [0.5, 0.6) is 5.75 Å². The number of carbonyl (C=O) groups excluding carboxylic acids is 2. The summed E-state index contributed by atoms with van der Waals surface area (Å²) in [6, 6.07) is 12.9. The summed E-state index contributed by atoms with van der Waals surface area (Å²) in [6.07, 6.45) is 12.3. The molecule has 7 rings (SSSR count). The molecule has 0 bridgehead atoms. The third kappa shape index (κ3) is 12.3. The summed E-state index contributed by atoms with van der Waals surface area (Å²) >= 11 is 6.45. The second kappa shape index (κ2) is 23.8. The van der Waals surface area contributed by atoms with Gasteiger partial charge in [0.05, 0.1) is 31.1 Å². The average molecular weight is 842 g/mol. The Morgan fingerprint density at radius 2 is 1.95 bits per heavy atom. The van der Waals surface area contributed by atoms with Crippen LogP contribution in [-0.4, -0.2) is 128 Å². The van der Waals surface area contributed by atoms with Crippen LogP contribution < -0.4 is 20.3 Å². The Hall–Kier alpha value is -3.03. The number of hydrogen-bond donors (Lipinski definition) is 3. The summed E-state index contributed by atoms with van der Waals surface area (Å²) in [7, 11) is 6.31. The van der Waals surface area contributed by atoms with E-state index >= 15 is 0 Å². The first-order valence-corrected chi connectivity index (χ1v) is 22.0. The molecular weight excluding hydrogens is 768 g/mol. The Balaban J connectivity index is 0.000000466. The molecule has 3 heterocycles. The van der Waals surface area contributed by atoms with Crippen LogP contribution in [-0.2, 0) is 30.8 Å². The maximum Gasteiger partial charge on any atom is 0.251 e. The lowest BCUT2D eigenvalue weighted by Crippen LogP contribution is -2.56. The molecule has 330 valence electrons. The number of benzene rings is 2. The van der Waals surface area contributed by atoms with Gasteiger partial charge in [0.15, 0.2) is 0 Å². The van der Waals surface area contributed by atoms with Crippen LogP contribution in [0, 0.1) is 23.7 Å². The predicted molar refractivity (Wildman–Crippen MR) is 238 cm³/mol. The van der Waals surface area contributed by atoms with Gasteiger partial charge in [-0.1, -0.05) is 43.7 Å². The second-order valence-electron chi connectivity index (χ2n) is 17.0. The largest absolute Gasteiger partial charge is 0.490 e. The lowest BCUT2D eigenvalue weighted by molar-refractivity contribution is -0.0980. The number of morpholine rings is 1. The fourth-order valence-corrected chi connectivity index (χ4v) is 9.76. The molecule has 0 aromatic heterocycles. The molecule has 0 radical (unpaired) electrons. The second-order valence-corrected chi connectivity index (χ2v) is 17.5. The molecule has 3 aliphatic heterocycles. The van der Waals surface area contributed by atoms with Crippen LogP contribution in [0.15, 0.2) is 48.6 Å². The molecule has 5 unspecified atom stereocenters. The molecular formula is C47H73ClN4O7. The lowest BCUT2D eigenvalue weighted by atomic mass is 9.64. The highest BCUT2D eigenvalue weighted by Gasteiger charge is 2.47. The quantitative estimate of drug-likeness (QED) is 0.203. The van der Waals surface area contributed by atoms with E-state index in [9.17, 15) is 4.79 Å². The van der Waals surface area contributed by atoms with Gasteiger partial charge < -0.3 is 44.4 Å². The SMILES string of the molecule is C1CN2CCOCC2CN1.C=O.CNC(=O)c1ccc2c(c1)N(CC1CCC1[C@](C)(/C=C/CC(C)C(C)CCOC)OC)C[C@@]1(CCCc3cc(Cl)ccc31)CO2.CO. The maximum atomic E-state index is 12.7. The van der Waals surface area contributed by atoms with E-state index in [4.69, 9.17) is 40.4 Å². The number of hydrogen-bond acceptors (Lipinski definition) is 10. The Kier molecular flexibility index (Phi) is 19.6. The van der Waals surface area contributed by atoms with E-state index in [1.54, 1.807) is 14.2 Å². The van der Waals surface area contributed by atoms with Gasteiger partial charge in [-0.25, -0.2) is 0 Å². The number of methoxy groups -OCH3 is 2. The van der Waals surface area contributed by atoms with Crippen molar-refractivity contribution in [3.63, 3.8) is 0 Å². The summed E-state index contributed by atoms with van der Waals surface area (Å²) in [4.78, 5) is 25.8. The van der Waals surface area contributed by atoms with Crippen LogP contribution in [0.3, 0.4) is 0 Å². The third-order valence-corrected chi connectivity index (χ3v) is 13.8. The fourth-order valence-electron chi connectivity index (χ4n) is 9.57. The smallest absolute Gasteiger partial charge is 0.251 e. The first-order valence-electron chi connectivity index (χ1n) is 21.6. The van der Waals surface area contributed by atoms with E-state index < -0.39 is 0 Å². The van der Waals surface area contributed by atoms with Crippen molar-refractivity contribution in [2.24, 2.45) is 23.7 Å². The fraction of sp³-hybridized carbons (Fsp3) is 0.660. The van der Waals surface area contributed by atoms with Gasteiger partial charge in [0.25, 0.3) is 5.91 Å². The van der Waals surface area contributed by atoms with Crippen LogP contribution in [0.4, 0.5) is 5.69 Å². The highest BCUT2D eigenvalue weighted by atomic mass is 35.5. The summed E-state index contributed by atoms with van der Waals surface area (Å²) in [5, 5.41) is 13.9. The van der Waals surface area contributed by atoms with Crippen LogP contribution in [0.25, 0.3) is 0 Å². The number of aliphatic hydroxyl groups excluding tert-OH is 1. The number of halogens is 1. The highest BCUT2D eigenvalue weighted by molar-refractivity contribution is 6.30. The van der Waals surface area contributed by atoms with E-state index in [1.165, 1.54) is 17.7 Å². The Labute approximate surface area is 359 Å². The molecule has 1 spiro atoms. The molecule has 59 heavy (non-hydrogen) atoms. The Morgan fingerprint density at radius 1 is 1.15 bits per heavy atom. The number of allylic oxidation sites excluding steroid dienone is 1. The van der Waals surface area contributed by atoms with E-state index in [1.807, 2.05) is 38.2 Å². The molecule has 7 atom stereocenters. The minimum absolute atomic E-state index is 0.0845. The zero-order chi connectivity index (χ0) is 43.0. The molecule has 2 aromatic rings. The van der Waals surface area contributed by atoms with Gasteiger partial charge in [-0.15, -0.1) is 0 Å². The number of amides is 1. The monoisotopic (exact) mass is 841 g/mol. The summed E-state index contributed by atoms with van der Waals surface area (Å²) in [6.45, 7) is 18.5. The summed E-state index contributed by atoms with van der Waals surface area (Å²) in [5.74, 6) is 2.82. The molecule has 2 aliphatic carbocycles. The van der Waals surface area contributed by atoms with Gasteiger partial charge >= 0.3 is 0 Å². The molecule has 5 aliphatic rings. The van der Waals surface area contributed by atoms with Crippen molar-refractivity contribution in [3.05, 3.63) is 70.3 Å². The predicted octanol–water partition coefficient (Wildman–Crippen LogP) is 6.57. The van der Waals surface area contributed by atoms with Gasteiger partial charge in [0, 0.05) is 96.3 Å². The number of aryl methyl sites for hydroxylation is 1. The number of ether oxygens (including phenoxy) is 4. The van der Waals surface area contributed by atoms with Gasteiger partial charge in [-0.05, 0) is 117 Å². The molecule has 2 saturated heterocycles. The van der Waals surface area contributed by atoms with Crippen LogP contribution >= 0.6 is 11.6 Å². The number of aliphatic hydroxyl groups is 1. The van der Waals surface area contributed by atoms with Crippen LogP contribution in [0.1, 0.15) is 80.8 Å². The minimum Gasteiger partial charge on any atom is -0.490 e. The maximum absolute atomic E-state index is 12.7. The third-order valence-electron chi connectivity index (χ3n) is 13.6. The summed E-state index contributed by atoms with van der Waals surface area (Å²) in [5.41, 5.74) is 3.86. The van der Waals surface area contributed by atoms with E-state index in [0.29, 0.717) is 41.9 Å². The molecule has 3 fully saturated rings. The number of carbonyl (C=O) groups is 2. The van der Waals surface area contributed by atoms with Crippen molar-refractivity contribution in [2.45, 2.75) is 82.8 Å². The van der Waals surface area contributed by atoms with E-state index in [2.05, 4.69) is 65.5 Å². The molecule has 12 heteroatoms. The first kappa shape index (κ1) is 48.6. The highest BCUT2D eigenvalue weighted by Crippen LogP contribution is 2.49. The normalized spacial score (nSPS) is 25.5. The summed E-state index contributed by atoms with van der Waals surface area (Å²) < 4.78 is 23.6. The molecule has 3 N–H and O–H groups in total. The van der Waals surface area contributed by atoms with Gasteiger partial charge in [0.2, 0.25) is 0 Å². The number of nitrogens with one attached hydrogen (secondary N) is 2. The molecule has 1 saturated carbocycles. The number of nitrogens with zero attached hydrogens (tertiary/aromatic N) is 2. The van der Waals surface area contributed by atoms with Crippen molar-refractivity contribution >= 4 is 30.0 Å². The van der Waals surface area contributed by atoms with Crippen LogP contribution in [0.2, 0.25) is 5.02 Å². The number of fused-ring (bicyclic) bond motifs is 4. The Morgan fingerprint density at radius 3 is 2.64 bits per heavy atom.